The highest BCUT2D eigenvalue weighted by atomic mass is 14.9. The molecule has 1 aliphatic carbocycles. The average molecular weight is 253 g/mol. The summed E-state index contributed by atoms with van der Waals surface area (Å²) in [7, 11) is 0. The Labute approximate surface area is 115 Å². The third-order valence-corrected chi connectivity index (χ3v) is 4.78. The smallest absolute Gasteiger partial charge is 0.00106 e. The van der Waals surface area contributed by atoms with E-state index in [2.05, 4.69) is 39.9 Å². The Morgan fingerprint density at radius 1 is 1.22 bits per heavy atom. The van der Waals surface area contributed by atoms with Crippen LogP contribution in [0.1, 0.15) is 79.6 Å². The largest absolute Gasteiger partial charge is 0.314 e. The highest BCUT2D eigenvalue weighted by Crippen LogP contribution is 2.49. The Bertz CT molecular complexity index is 220. The van der Waals surface area contributed by atoms with Crippen molar-refractivity contribution in [3.63, 3.8) is 0 Å². The number of hydrogen-bond acceptors (Lipinski definition) is 1. The lowest BCUT2D eigenvalue weighted by Crippen LogP contribution is -2.38. The van der Waals surface area contributed by atoms with Crippen molar-refractivity contribution in [1.29, 1.82) is 0 Å². The van der Waals surface area contributed by atoms with Gasteiger partial charge in [0.05, 0.1) is 0 Å². The van der Waals surface area contributed by atoms with E-state index in [1.807, 2.05) is 0 Å². The van der Waals surface area contributed by atoms with Gasteiger partial charge in [0, 0.05) is 12.6 Å². The van der Waals surface area contributed by atoms with Crippen LogP contribution in [0, 0.1) is 17.3 Å². The maximum atomic E-state index is 3.69. The van der Waals surface area contributed by atoms with E-state index in [1.165, 1.54) is 51.5 Å². The second-order valence-corrected chi connectivity index (χ2v) is 7.08. The van der Waals surface area contributed by atoms with Gasteiger partial charge < -0.3 is 5.32 Å². The van der Waals surface area contributed by atoms with Gasteiger partial charge in [-0.2, -0.15) is 0 Å². The first kappa shape index (κ1) is 16.0. The molecule has 1 heteroatoms. The van der Waals surface area contributed by atoms with E-state index in [9.17, 15) is 0 Å². The molecule has 1 nitrogen and oxygen atoms in total. The molecule has 1 rings (SSSR count). The zero-order valence-electron chi connectivity index (χ0n) is 13.4. The Morgan fingerprint density at radius 2 is 1.89 bits per heavy atom. The highest BCUT2D eigenvalue weighted by Gasteiger charge is 2.42. The zero-order chi connectivity index (χ0) is 13.6. The van der Waals surface area contributed by atoms with Crippen LogP contribution in [-0.2, 0) is 0 Å². The second-order valence-electron chi connectivity index (χ2n) is 7.08. The van der Waals surface area contributed by atoms with Gasteiger partial charge in [0.25, 0.3) is 0 Å². The molecule has 0 bridgehead atoms. The van der Waals surface area contributed by atoms with Crippen molar-refractivity contribution in [2.45, 2.75) is 85.6 Å². The van der Waals surface area contributed by atoms with Crippen LogP contribution in [0.2, 0.25) is 0 Å². The maximum Gasteiger partial charge on any atom is 0.00106 e. The molecule has 108 valence electrons. The molecule has 0 saturated heterocycles. The number of hydrogen-bond donors (Lipinski definition) is 1. The van der Waals surface area contributed by atoms with Crippen molar-refractivity contribution >= 4 is 0 Å². The molecule has 18 heavy (non-hydrogen) atoms. The van der Waals surface area contributed by atoms with E-state index in [4.69, 9.17) is 0 Å². The van der Waals surface area contributed by atoms with E-state index < -0.39 is 0 Å². The van der Waals surface area contributed by atoms with Crippen LogP contribution in [0.3, 0.4) is 0 Å². The Hall–Kier alpha value is -0.0400. The fraction of sp³-hybridized carbons (Fsp3) is 1.00. The van der Waals surface area contributed by atoms with Gasteiger partial charge >= 0.3 is 0 Å². The van der Waals surface area contributed by atoms with Crippen LogP contribution in [0.5, 0.6) is 0 Å². The minimum Gasteiger partial charge on any atom is -0.314 e. The second kappa shape index (κ2) is 7.53. The van der Waals surface area contributed by atoms with Crippen LogP contribution in [0.15, 0.2) is 0 Å². The highest BCUT2D eigenvalue weighted by molar-refractivity contribution is 4.94. The van der Waals surface area contributed by atoms with Crippen LogP contribution in [0.4, 0.5) is 0 Å². The van der Waals surface area contributed by atoms with Crippen molar-refractivity contribution in [3.05, 3.63) is 0 Å². The van der Waals surface area contributed by atoms with Gasteiger partial charge in [0.2, 0.25) is 0 Å². The minimum atomic E-state index is 0.554. The van der Waals surface area contributed by atoms with Gasteiger partial charge in [-0.15, -0.1) is 0 Å². The summed E-state index contributed by atoms with van der Waals surface area (Å²) >= 11 is 0. The summed E-state index contributed by atoms with van der Waals surface area (Å²) < 4.78 is 0. The van der Waals surface area contributed by atoms with Crippen LogP contribution >= 0.6 is 0 Å². The number of nitrogens with one attached hydrogen (secondary N) is 1. The SMILES string of the molecule is CCCCC(CC)CC(C)(CNC(C)C)C1CC1. The molecular formula is C17H35N. The quantitative estimate of drug-likeness (QED) is 0.577. The Kier molecular flexibility index (Phi) is 6.70. The molecule has 0 aliphatic heterocycles. The summed E-state index contributed by atoms with van der Waals surface area (Å²) in [6.07, 6.45) is 9.95. The Balaban J connectivity index is 2.48. The monoisotopic (exact) mass is 253 g/mol. The molecule has 1 aliphatic rings. The fourth-order valence-corrected chi connectivity index (χ4v) is 3.20. The predicted octanol–water partition coefficient (Wildman–Crippen LogP) is 5.01. The van der Waals surface area contributed by atoms with Crippen LogP contribution in [-0.4, -0.2) is 12.6 Å². The lowest BCUT2D eigenvalue weighted by Gasteiger charge is -2.35. The van der Waals surface area contributed by atoms with E-state index in [1.54, 1.807) is 0 Å². The molecule has 0 radical (unpaired) electrons. The van der Waals surface area contributed by atoms with E-state index >= 15 is 0 Å². The maximum absolute atomic E-state index is 3.69. The predicted molar refractivity (Wildman–Crippen MR) is 81.9 cm³/mol. The van der Waals surface area contributed by atoms with Gasteiger partial charge in [-0.25, -0.2) is 0 Å². The lowest BCUT2D eigenvalue weighted by atomic mass is 9.74. The summed E-state index contributed by atoms with van der Waals surface area (Å²) in [6, 6.07) is 0.624. The Morgan fingerprint density at radius 3 is 2.33 bits per heavy atom. The first-order chi connectivity index (χ1) is 8.51. The first-order valence-electron chi connectivity index (χ1n) is 8.25. The normalized spacial score (nSPS) is 21.0. The van der Waals surface area contributed by atoms with E-state index in [0.717, 1.165) is 11.8 Å². The molecule has 2 unspecified atom stereocenters. The standard InChI is InChI=1S/C17H35N/c1-6-8-9-15(7-2)12-17(5,16-10-11-16)13-18-14(3)4/h14-16,18H,6-13H2,1-5H3. The zero-order valence-corrected chi connectivity index (χ0v) is 13.4. The third-order valence-electron chi connectivity index (χ3n) is 4.78. The van der Waals surface area contributed by atoms with Gasteiger partial charge in [-0.3, -0.25) is 0 Å². The molecule has 0 aromatic rings. The summed E-state index contributed by atoms with van der Waals surface area (Å²) in [5.74, 6) is 1.95. The molecule has 1 N–H and O–H groups in total. The lowest BCUT2D eigenvalue weighted by molar-refractivity contribution is 0.179. The van der Waals surface area contributed by atoms with Crippen molar-refractivity contribution < 1.29 is 0 Å². The molecular weight excluding hydrogens is 218 g/mol. The topological polar surface area (TPSA) is 12.0 Å². The average Bonchev–Trinajstić information content (AvgIpc) is 3.16. The molecule has 0 amide bonds. The molecule has 0 aromatic carbocycles. The first-order valence-corrected chi connectivity index (χ1v) is 8.25. The van der Waals surface area contributed by atoms with Crippen molar-refractivity contribution in [2.24, 2.45) is 17.3 Å². The number of unbranched alkanes of at least 4 members (excludes halogenated alkanes) is 1. The van der Waals surface area contributed by atoms with Crippen molar-refractivity contribution in [2.75, 3.05) is 6.54 Å². The third kappa shape index (κ3) is 5.30. The fourth-order valence-electron chi connectivity index (χ4n) is 3.20. The molecule has 1 fully saturated rings. The van der Waals surface area contributed by atoms with Gasteiger partial charge in [0.1, 0.15) is 0 Å². The van der Waals surface area contributed by atoms with Gasteiger partial charge in [-0.05, 0) is 36.5 Å². The van der Waals surface area contributed by atoms with Gasteiger partial charge in [-0.1, -0.05) is 60.3 Å². The molecule has 2 atom stereocenters. The molecule has 0 heterocycles. The summed E-state index contributed by atoms with van der Waals surface area (Å²) in [4.78, 5) is 0. The summed E-state index contributed by atoms with van der Waals surface area (Å²) in [5, 5.41) is 3.69. The molecule has 0 aromatic heterocycles. The molecule has 1 saturated carbocycles. The summed E-state index contributed by atoms with van der Waals surface area (Å²) in [5.41, 5.74) is 0.554. The van der Waals surface area contributed by atoms with Crippen molar-refractivity contribution in [3.8, 4) is 0 Å². The minimum absolute atomic E-state index is 0.554. The van der Waals surface area contributed by atoms with Crippen molar-refractivity contribution in [1.82, 2.24) is 5.32 Å². The summed E-state index contributed by atoms with van der Waals surface area (Å²) in [6.45, 7) is 13.0. The molecule has 0 spiro atoms. The van der Waals surface area contributed by atoms with Gasteiger partial charge in [0.15, 0.2) is 0 Å². The van der Waals surface area contributed by atoms with Crippen LogP contribution in [0.25, 0.3) is 0 Å². The van der Waals surface area contributed by atoms with E-state index in [0.29, 0.717) is 11.5 Å². The van der Waals surface area contributed by atoms with Crippen LogP contribution < -0.4 is 5.32 Å². The number of rotatable bonds is 10. The van der Waals surface area contributed by atoms with E-state index in [-0.39, 0.29) is 0 Å².